The Morgan fingerprint density at radius 1 is 0.793 bits per heavy atom. The highest BCUT2D eigenvalue weighted by Crippen LogP contribution is 2.53. The van der Waals surface area contributed by atoms with E-state index in [9.17, 15) is 0 Å². The Labute approximate surface area is 177 Å². The lowest BCUT2D eigenvalue weighted by Crippen LogP contribution is -2.39. The first kappa shape index (κ1) is 21.5. The van der Waals surface area contributed by atoms with Gasteiger partial charge >= 0.3 is 0 Å². The van der Waals surface area contributed by atoms with E-state index >= 15 is 0 Å². The molecular weight excluding hydrogens is 352 g/mol. The van der Waals surface area contributed by atoms with Gasteiger partial charge in [0.2, 0.25) is 0 Å². The lowest BCUT2D eigenvalue weighted by Gasteiger charge is -2.48. The maximum Gasteiger partial charge on any atom is 0.134 e. The van der Waals surface area contributed by atoms with E-state index in [4.69, 9.17) is 4.74 Å². The van der Waals surface area contributed by atoms with Crippen LogP contribution in [0.2, 0.25) is 0 Å². The first-order chi connectivity index (χ1) is 14.0. The molecule has 0 radical (unpaired) electrons. The van der Waals surface area contributed by atoms with Crippen molar-refractivity contribution < 1.29 is 4.74 Å². The van der Waals surface area contributed by atoms with Gasteiger partial charge in [0.05, 0.1) is 12.7 Å². The van der Waals surface area contributed by atoms with Crippen molar-refractivity contribution in [2.75, 3.05) is 7.11 Å². The molecule has 3 rings (SSSR count). The lowest BCUT2D eigenvalue weighted by atomic mass is 9.56. The zero-order valence-electron chi connectivity index (χ0n) is 19.1. The Kier molecular flexibility index (Phi) is 6.42. The third kappa shape index (κ3) is 3.83. The van der Waals surface area contributed by atoms with Gasteiger partial charge in [-0.1, -0.05) is 57.2 Å². The van der Waals surface area contributed by atoms with E-state index in [1.54, 1.807) is 7.11 Å². The van der Waals surface area contributed by atoms with Crippen LogP contribution in [0.15, 0.2) is 36.4 Å². The van der Waals surface area contributed by atoms with Crippen molar-refractivity contribution in [3.05, 3.63) is 64.2 Å². The van der Waals surface area contributed by atoms with Crippen molar-refractivity contribution in [2.45, 2.75) is 84.0 Å². The monoisotopic (exact) mass is 388 g/mol. The first-order valence-electron chi connectivity index (χ1n) is 11.3. The molecule has 1 aliphatic carbocycles. The molecule has 0 saturated heterocycles. The van der Waals surface area contributed by atoms with Crippen LogP contribution < -0.4 is 4.74 Å². The average molecular weight is 389 g/mol. The quantitative estimate of drug-likeness (QED) is 0.488. The first-order valence-corrected chi connectivity index (χ1v) is 11.3. The molecule has 0 bridgehead atoms. The SMILES string of the molecule is CCC1(CC)CCC(CC)(CC)c2cc(OC)c(C#Cc3ccc(C)cc3)cc21. The van der Waals surface area contributed by atoms with E-state index in [2.05, 4.69) is 82.9 Å². The summed E-state index contributed by atoms with van der Waals surface area (Å²) in [6.45, 7) is 11.5. The molecule has 0 unspecified atom stereocenters. The van der Waals surface area contributed by atoms with Gasteiger partial charge in [0.15, 0.2) is 0 Å². The topological polar surface area (TPSA) is 9.23 Å². The van der Waals surface area contributed by atoms with Crippen LogP contribution >= 0.6 is 0 Å². The van der Waals surface area contributed by atoms with E-state index in [1.807, 2.05) is 0 Å². The van der Waals surface area contributed by atoms with Crippen LogP contribution in [0.3, 0.4) is 0 Å². The molecule has 1 nitrogen and oxygen atoms in total. The van der Waals surface area contributed by atoms with Crippen molar-refractivity contribution in [3.63, 3.8) is 0 Å². The van der Waals surface area contributed by atoms with Crippen molar-refractivity contribution in [1.82, 2.24) is 0 Å². The molecule has 1 heteroatoms. The van der Waals surface area contributed by atoms with Crippen molar-refractivity contribution in [2.24, 2.45) is 0 Å². The van der Waals surface area contributed by atoms with Gasteiger partial charge < -0.3 is 4.74 Å². The maximum atomic E-state index is 5.83. The van der Waals surface area contributed by atoms with Crippen molar-refractivity contribution in [1.29, 1.82) is 0 Å². The van der Waals surface area contributed by atoms with Crippen LogP contribution in [-0.2, 0) is 10.8 Å². The molecule has 29 heavy (non-hydrogen) atoms. The summed E-state index contributed by atoms with van der Waals surface area (Å²) in [5.74, 6) is 7.69. The fourth-order valence-corrected chi connectivity index (χ4v) is 5.22. The van der Waals surface area contributed by atoms with Crippen molar-refractivity contribution in [3.8, 4) is 17.6 Å². The Bertz CT molecular complexity index is 900. The number of benzene rings is 2. The van der Waals surface area contributed by atoms with Gasteiger partial charge in [0.25, 0.3) is 0 Å². The molecule has 0 amide bonds. The minimum atomic E-state index is 0.260. The summed E-state index contributed by atoms with van der Waals surface area (Å²) < 4.78 is 5.83. The number of methoxy groups -OCH3 is 1. The zero-order valence-corrected chi connectivity index (χ0v) is 19.1. The molecule has 1 aliphatic rings. The smallest absolute Gasteiger partial charge is 0.134 e. The second-order valence-corrected chi connectivity index (χ2v) is 8.69. The number of ether oxygens (including phenoxy) is 1. The normalized spacial score (nSPS) is 16.5. The van der Waals surface area contributed by atoms with Gasteiger partial charge in [-0.05, 0) is 91.7 Å². The molecule has 2 aromatic carbocycles. The zero-order chi connectivity index (χ0) is 21.1. The van der Waals surface area contributed by atoms with Crippen LogP contribution in [0.5, 0.6) is 5.75 Å². The highest BCUT2D eigenvalue weighted by Gasteiger charge is 2.44. The van der Waals surface area contributed by atoms with Crippen LogP contribution in [-0.4, -0.2) is 7.11 Å². The molecule has 2 aromatic rings. The van der Waals surface area contributed by atoms with Gasteiger partial charge in [0, 0.05) is 5.56 Å². The molecule has 0 saturated carbocycles. The maximum absolute atomic E-state index is 5.83. The predicted molar refractivity (Wildman–Crippen MR) is 124 cm³/mol. The number of fused-ring (bicyclic) bond motifs is 1. The van der Waals surface area contributed by atoms with Gasteiger partial charge in [-0.3, -0.25) is 0 Å². The molecule has 0 heterocycles. The number of aryl methyl sites for hydroxylation is 1. The van der Waals surface area contributed by atoms with Crippen LogP contribution in [0.25, 0.3) is 0 Å². The fraction of sp³-hybridized carbons (Fsp3) is 0.500. The van der Waals surface area contributed by atoms with Crippen LogP contribution in [0.1, 0.15) is 94.0 Å². The third-order valence-corrected chi connectivity index (χ3v) is 7.66. The summed E-state index contributed by atoms with van der Waals surface area (Å²) in [7, 11) is 1.77. The largest absolute Gasteiger partial charge is 0.495 e. The minimum Gasteiger partial charge on any atom is -0.495 e. The minimum absolute atomic E-state index is 0.260. The molecule has 0 fully saturated rings. The van der Waals surface area contributed by atoms with E-state index in [-0.39, 0.29) is 10.8 Å². The molecule has 154 valence electrons. The van der Waals surface area contributed by atoms with Gasteiger partial charge in [-0.2, -0.15) is 0 Å². The summed E-state index contributed by atoms with van der Waals surface area (Å²) in [5.41, 5.74) is 6.87. The van der Waals surface area contributed by atoms with Gasteiger partial charge in [-0.25, -0.2) is 0 Å². The molecule has 0 aromatic heterocycles. The lowest BCUT2D eigenvalue weighted by molar-refractivity contribution is 0.238. The number of rotatable bonds is 5. The predicted octanol–water partition coefficient (Wildman–Crippen LogP) is 7.31. The van der Waals surface area contributed by atoms with E-state index < -0.39 is 0 Å². The summed E-state index contributed by atoms with van der Waals surface area (Å²) in [4.78, 5) is 0. The van der Waals surface area contributed by atoms with E-state index in [1.165, 1.54) is 55.2 Å². The number of hydrogen-bond donors (Lipinski definition) is 0. The Balaban J connectivity index is 2.19. The fourth-order valence-electron chi connectivity index (χ4n) is 5.22. The van der Waals surface area contributed by atoms with Gasteiger partial charge in [-0.15, -0.1) is 0 Å². The second kappa shape index (κ2) is 8.66. The van der Waals surface area contributed by atoms with Crippen LogP contribution in [0, 0.1) is 18.8 Å². The van der Waals surface area contributed by atoms with E-state index in [0.717, 1.165) is 16.9 Å². The summed E-state index contributed by atoms with van der Waals surface area (Å²) in [5, 5.41) is 0. The molecular formula is C28H36O. The standard InChI is InChI=1S/C28H36O/c1-7-27(8-2)17-18-28(9-3,10-4)25-20-26(29-6)23(19-24(25)27)16-15-22-13-11-21(5)12-14-22/h11-14,19-20H,7-10,17-18H2,1-6H3. The summed E-state index contributed by atoms with van der Waals surface area (Å²) in [6.07, 6.45) is 7.25. The third-order valence-electron chi connectivity index (χ3n) is 7.66. The number of hydrogen-bond acceptors (Lipinski definition) is 1. The summed E-state index contributed by atoms with van der Waals surface area (Å²) in [6, 6.07) is 13.1. The van der Waals surface area contributed by atoms with E-state index in [0.29, 0.717) is 0 Å². The molecule has 0 spiro atoms. The van der Waals surface area contributed by atoms with Gasteiger partial charge in [0.1, 0.15) is 5.75 Å². The second-order valence-electron chi connectivity index (χ2n) is 8.69. The molecule has 0 atom stereocenters. The molecule has 0 N–H and O–H groups in total. The Morgan fingerprint density at radius 2 is 1.31 bits per heavy atom. The summed E-state index contributed by atoms with van der Waals surface area (Å²) >= 11 is 0. The van der Waals surface area contributed by atoms with Crippen molar-refractivity contribution >= 4 is 0 Å². The Morgan fingerprint density at radius 3 is 1.79 bits per heavy atom. The van der Waals surface area contributed by atoms with Crippen LogP contribution in [0.4, 0.5) is 0 Å². The average Bonchev–Trinajstić information content (AvgIpc) is 2.77. The highest BCUT2D eigenvalue weighted by molar-refractivity contribution is 5.57. The highest BCUT2D eigenvalue weighted by atomic mass is 16.5. The Hall–Kier alpha value is -2.20. The molecule has 0 aliphatic heterocycles.